The molecule has 0 rings (SSSR count). The quantitative estimate of drug-likeness (QED) is 0.589. The van der Waals surface area contributed by atoms with Crippen LogP contribution in [-0.4, -0.2) is 11.1 Å². The average Bonchev–Trinajstić information content (AvgIpc) is 2.35. The molecule has 106 valence electrons. The van der Waals surface area contributed by atoms with E-state index in [9.17, 15) is 4.79 Å². The van der Waals surface area contributed by atoms with E-state index in [4.69, 9.17) is 5.11 Å². The van der Waals surface area contributed by atoms with Crippen LogP contribution in [0.3, 0.4) is 0 Å². The number of rotatable bonds is 7. The Kier molecular flexibility index (Phi) is 31.5. The SMILES string of the molecule is CCC(=O)O.CCCCCC.CCCCCC. The van der Waals surface area contributed by atoms with Crippen molar-refractivity contribution in [2.45, 2.75) is 92.4 Å². The van der Waals surface area contributed by atoms with Gasteiger partial charge in [0.1, 0.15) is 0 Å². The first kappa shape index (κ1) is 21.7. The van der Waals surface area contributed by atoms with Gasteiger partial charge in [-0.05, 0) is 0 Å². The van der Waals surface area contributed by atoms with Gasteiger partial charge >= 0.3 is 5.97 Å². The number of hydrogen-bond donors (Lipinski definition) is 1. The highest BCUT2D eigenvalue weighted by Crippen LogP contribution is 1.95. The first-order valence-electron chi connectivity index (χ1n) is 7.32. The molecule has 0 saturated carbocycles. The van der Waals surface area contributed by atoms with Crippen LogP contribution in [0.5, 0.6) is 0 Å². The smallest absolute Gasteiger partial charge is 0.303 e. The lowest BCUT2D eigenvalue weighted by Crippen LogP contribution is -1.86. The number of carboxylic acid groups (broad SMARTS) is 1. The molecule has 0 aliphatic rings. The maximum absolute atomic E-state index is 9.37. The van der Waals surface area contributed by atoms with Gasteiger partial charge in [0, 0.05) is 6.42 Å². The molecule has 0 aromatic rings. The fraction of sp³-hybridized carbons (Fsp3) is 0.933. The second-order valence-corrected chi connectivity index (χ2v) is 4.16. The van der Waals surface area contributed by atoms with E-state index in [1.165, 1.54) is 51.4 Å². The second kappa shape index (κ2) is 24.6. The summed E-state index contributed by atoms with van der Waals surface area (Å²) >= 11 is 0. The average molecular weight is 246 g/mol. The van der Waals surface area contributed by atoms with Crippen molar-refractivity contribution in [1.29, 1.82) is 0 Å². The molecule has 0 fully saturated rings. The van der Waals surface area contributed by atoms with E-state index in [1.807, 2.05) is 0 Å². The van der Waals surface area contributed by atoms with Crippen molar-refractivity contribution in [2.24, 2.45) is 0 Å². The summed E-state index contributed by atoms with van der Waals surface area (Å²) in [5.41, 5.74) is 0. The van der Waals surface area contributed by atoms with Crippen LogP contribution in [-0.2, 0) is 4.79 Å². The molecule has 0 saturated heterocycles. The lowest BCUT2D eigenvalue weighted by Gasteiger charge is -1.86. The summed E-state index contributed by atoms with van der Waals surface area (Å²) in [7, 11) is 0. The lowest BCUT2D eigenvalue weighted by molar-refractivity contribution is -0.136. The summed E-state index contributed by atoms with van der Waals surface area (Å²) in [5.74, 6) is -0.745. The van der Waals surface area contributed by atoms with Gasteiger partial charge in [-0.2, -0.15) is 0 Å². The van der Waals surface area contributed by atoms with E-state index in [1.54, 1.807) is 6.92 Å². The van der Waals surface area contributed by atoms with Crippen LogP contribution in [0.15, 0.2) is 0 Å². The van der Waals surface area contributed by atoms with Crippen LogP contribution in [0, 0.1) is 0 Å². The Morgan fingerprint density at radius 3 is 0.941 bits per heavy atom. The Labute approximate surface area is 109 Å². The van der Waals surface area contributed by atoms with Crippen molar-refractivity contribution in [3.8, 4) is 0 Å². The van der Waals surface area contributed by atoms with Crippen molar-refractivity contribution in [3.05, 3.63) is 0 Å². The van der Waals surface area contributed by atoms with Crippen molar-refractivity contribution in [3.63, 3.8) is 0 Å². The Hall–Kier alpha value is -0.530. The van der Waals surface area contributed by atoms with E-state index >= 15 is 0 Å². The zero-order valence-electron chi connectivity index (χ0n) is 12.7. The van der Waals surface area contributed by atoms with Gasteiger partial charge in [-0.15, -0.1) is 0 Å². The normalized spacial score (nSPS) is 8.53. The minimum atomic E-state index is -0.745. The van der Waals surface area contributed by atoms with Crippen molar-refractivity contribution < 1.29 is 9.90 Å². The second-order valence-electron chi connectivity index (χ2n) is 4.16. The molecule has 0 aliphatic heterocycles. The minimum absolute atomic E-state index is 0.222. The molecule has 2 nitrogen and oxygen atoms in total. The van der Waals surface area contributed by atoms with Crippen LogP contribution in [0.1, 0.15) is 92.4 Å². The van der Waals surface area contributed by atoms with Gasteiger partial charge in [0.15, 0.2) is 0 Å². The summed E-state index contributed by atoms with van der Waals surface area (Å²) in [6.07, 6.45) is 11.3. The van der Waals surface area contributed by atoms with E-state index in [0.717, 1.165) is 0 Å². The summed E-state index contributed by atoms with van der Waals surface area (Å²) in [4.78, 5) is 9.37. The molecular formula is C15H34O2. The van der Waals surface area contributed by atoms with Gasteiger partial charge in [0.05, 0.1) is 0 Å². The molecule has 0 bridgehead atoms. The summed E-state index contributed by atoms with van der Waals surface area (Å²) in [5, 5.41) is 7.72. The van der Waals surface area contributed by atoms with Crippen LogP contribution in [0.4, 0.5) is 0 Å². The topological polar surface area (TPSA) is 37.3 Å². The number of hydrogen-bond acceptors (Lipinski definition) is 1. The largest absolute Gasteiger partial charge is 0.481 e. The zero-order valence-corrected chi connectivity index (χ0v) is 12.7. The molecule has 0 unspecified atom stereocenters. The van der Waals surface area contributed by atoms with Gasteiger partial charge < -0.3 is 5.11 Å². The molecule has 0 amide bonds. The molecule has 0 heterocycles. The Bertz CT molecular complexity index is 106. The fourth-order valence-corrected chi connectivity index (χ4v) is 1.000. The van der Waals surface area contributed by atoms with Crippen molar-refractivity contribution >= 4 is 5.97 Å². The van der Waals surface area contributed by atoms with E-state index in [-0.39, 0.29) is 6.42 Å². The van der Waals surface area contributed by atoms with Crippen LogP contribution < -0.4 is 0 Å². The van der Waals surface area contributed by atoms with E-state index in [2.05, 4.69) is 27.7 Å². The summed E-state index contributed by atoms with van der Waals surface area (Å²) in [6, 6.07) is 0. The maximum atomic E-state index is 9.37. The third-order valence-corrected chi connectivity index (χ3v) is 2.22. The van der Waals surface area contributed by atoms with Crippen LogP contribution in [0.25, 0.3) is 0 Å². The van der Waals surface area contributed by atoms with Crippen molar-refractivity contribution in [2.75, 3.05) is 0 Å². The third-order valence-electron chi connectivity index (χ3n) is 2.22. The maximum Gasteiger partial charge on any atom is 0.303 e. The Morgan fingerprint density at radius 2 is 0.882 bits per heavy atom. The van der Waals surface area contributed by atoms with Gasteiger partial charge in [-0.3, -0.25) is 4.79 Å². The molecule has 0 aromatic heterocycles. The van der Waals surface area contributed by atoms with Gasteiger partial charge in [-0.1, -0.05) is 86.0 Å². The predicted octanol–water partition coefficient (Wildman–Crippen LogP) is 5.65. The van der Waals surface area contributed by atoms with E-state index in [0.29, 0.717) is 0 Å². The summed E-state index contributed by atoms with van der Waals surface area (Å²) in [6.45, 7) is 10.5. The molecule has 0 atom stereocenters. The van der Waals surface area contributed by atoms with Gasteiger partial charge in [-0.25, -0.2) is 0 Å². The minimum Gasteiger partial charge on any atom is -0.481 e. The Morgan fingerprint density at radius 1 is 0.706 bits per heavy atom. The molecule has 0 radical (unpaired) electrons. The number of carboxylic acids is 1. The highest BCUT2D eigenvalue weighted by Gasteiger charge is 1.80. The Balaban J connectivity index is -0.000000174. The molecule has 0 aromatic carbocycles. The molecule has 2 heteroatoms. The lowest BCUT2D eigenvalue weighted by atomic mass is 10.2. The molecule has 1 N–H and O–H groups in total. The first-order chi connectivity index (χ1) is 8.10. The van der Waals surface area contributed by atoms with Crippen LogP contribution >= 0.6 is 0 Å². The number of unbranched alkanes of at least 4 members (excludes halogenated alkanes) is 6. The van der Waals surface area contributed by atoms with Crippen molar-refractivity contribution in [1.82, 2.24) is 0 Å². The monoisotopic (exact) mass is 246 g/mol. The molecule has 17 heavy (non-hydrogen) atoms. The van der Waals surface area contributed by atoms with Crippen LogP contribution in [0.2, 0.25) is 0 Å². The van der Waals surface area contributed by atoms with Gasteiger partial charge in [0.25, 0.3) is 0 Å². The zero-order chi connectivity index (χ0) is 13.9. The number of carbonyl (C=O) groups is 1. The summed E-state index contributed by atoms with van der Waals surface area (Å²) < 4.78 is 0. The highest BCUT2D eigenvalue weighted by atomic mass is 16.4. The molecular weight excluding hydrogens is 212 g/mol. The molecule has 0 aliphatic carbocycles. The standard InChI is InChI=1S/2C6H14.C3H6O2/c2*1-3-5-6-4-2;1-2-3(4)5/h2*3-6H2,1-2H3;2H2,1H3,(H,4,5). The molecule has 0 spiro atoms. The van der Waals surface area contributed by atoms with E-state index < -0.39 is 5.97 Å². The highest BCUT2D eigenvalue weighted by molar-refractivity contribution is 5.66. The fourth-order valence-electron chi connectivity index (χ4n) is 1.000. The predicted molar refractivity (Wildman–Crippen MR) is 77.6 cm³/mol. The number of aliphatic carboxylic acids is 1. The first-order valence-corrected chi connectivity index (χ1v) is 7.32. The van der Waals surface area contributed by atoms with Gasteiger partial charge in [0.2, 0.25) is 0 Å². The third kappa shape index (κ3) is 50.3.